The van der Waals surface area contributed by atoms with Gasteiger partial charge in [-0.3, -0.25) is 4.79 Å². The second-order valence-corrected chi connectivity index (χ2v) is 5.29. The Morgan fingerprint density at radius 1 is 0.960 bits per heavy atom. The first kappa shape index (κ1) is 18.3. The number of nitrogens with one attached hydrogen (secondary N) is 1. The van der Waals surface area contributed by atoms with Gasteiger partial charge >= 0.3 is 5.97 Å². The molecule has 2 aromatic carbocycles. The van der Waals surface area contributed by atoms with E-state index in [0.29, 0.717) is 18.0 Å². The number of amides is 1. The summed E-state index contributed by atoms with van der Waals surface area (Å²) in [6, 6.07) is 14.4. The van der Waals surface area contributed by atoms with Crippen molar-refractivity contribution in [1.82, 2.24) is 5.32 Å². The zero-order valence-corrected chi connectivity index (χ0v) is 14.4. The molecule has 0 radical (unpaired) electrons. The van der Waals surface area contributed by atoms with E-state index in [1.54, 1.807) is 18.2 Å². The van der Waals surface area contributed by atoms with E-state index in [9.17, 15) is 9.59 Å². The summed E-state index contributed by atoms with van der Waals surface area (Å²) in [5.41, 5.74) is 1.11. The second-order valence-electron chi connectivity index (χ2n) is 5.29. The zero-order valence-electron chi connectivity index (χ0n) is 14.4. The number of rotatable bonds is 7. The highest BCUT2D eigenvalue weighted by Crippen LogP contribution is 2.29. The van der Waals surface area contributed by atoms with Gasteiger partial charge in [-0.2, -0.15) is 0 Å². The fourth-order valence-electron chi connectivity index (χ4n) is 2.25. The fraction of sp³-hybridized carbons (Fsp3) is 0.263. The average Bonchev–Trinajstić information content (AvgIpc) is 2.65. The summed E-state index contributed by atoms with van der Waals surface area (Å²) >= 11 is 0. The molecular formula is C19H21NO5. The Morgan fingerprint density at radius 2 is 1.56 bits per heavy atom. The van der Waals surface area contributed by atoms with Gasteiger partial charge in [-0.15, -0.1) is 0 Å². The van der Waals surface area contributed by atoms with Crippen LogP contribution in [0.2, 0.25) is 0 Å². The molecule has 0 unspecified atom stereocenters. The van der Waals surface area contributed by atoms with E-state index in [4.69, 9.17) is 14.2 Å². The Bertz CT molecular complexity index is 708. The van der Waals surface area contributed by atoms with E-state index in [-0.39, 0.29) is 11.5 Å². The Hall–Kier alpha value is -3.02. The highest BCUT2D eigenvalue weighted by Gasteiger charge is 2.24. The second kappa shape index (κ2) is 8.73. The van der Waals surface area contributed by atoms with Gasteiger partial charge in [-0.25, -0.2) is 4.79 Å². The predicted molar refractivity (Wildman–Crippen MR) is 92.7 cm³/mol. The molecule has 1 amide bonds. The normalized spacial score (nSPS) is 11.3. The molecule has 1 atom stereocenters. The minimum atomic E-state index is -0.953. The van der Waals surface area contributed by atoms with Crippen LogP contribution in [0.1, 0.15) is 22.8 Å². The predicted octanol–water partition coefficient (Wildman–Crippen LogP) is 2.57. The third-order valence-corrected chi connectivity index (χ3v) is 3.59. The summed E-state index contributed by atoms with van der Waals surface area (Å²) in [6.07, 6.45) is -0.953. The van der Waals surface area contributed by atoms with Gasteiger partial charge in [0, 0.05) is 6.54 Å². The summed E-state index contributed by atoms with van der Waals surface area (Å²) in [7, 11) is 2.89. The molecule has 6 nitrogen and oxygen atoms in total. The Balaban J connectivity index is 2.01. The molecule has 0 aliphatic carbocycles. The maximum absolute atomic E-state index is 12.4. The summed E-state index contributed by atoms with van der Waals surface area (Å²) in [5, 5.41) is 2.73. The van der Waals surface area contributed by atoms with Gasteiger partial charge in [0.25, 0.3) is 5.91 Å². The SMILES string of the molecule is COc1cccc(OC)c1C(=O)O[C@H](C)C(=O)NCc1ccccc1. The number of carbonyl (C=O) groups is 2. The average molecular weight is 343 g/mol. The van der Waals surface area contributed by atoms with Crippen LogP contribution in [0.25, 0.3) is 0 Å². The quantitative estimate of drug-likeness (QED) is 0.782. The first-order valence-electron chi connectivity index (χ1n) is 7.80. The summed E-state index contributed by atoms with van der Waals surface area (Å²) < 4.78 is 15.6. The first-order chi connectivity index (χ1) is 12.1. The maximum Gasteiger partial charge on any atom is 0.346 e. The number of benzene rings is 2. The lowest BCUT2D eigenvalue weighted by Gasteiger charge is -2.16. The van der Waals surface area contributed by atoms with E-state index in [1.165, 1.54) is 21.1 Å². The standard InChI is InChI=1S/C19H21NO5/c1-13(18(21)20-12-14-8-5-4-6-9-14)25-19(22)17-15(23-2)10-7-11-16(17)24-3/h4-11,13H,12H2,1-3H3,(H,20,21)/t13-/m1/s1. The zero-order chi connectivity index (χ0) is 18.2. The number of carbonyl (C=O) groups excluding carboxylic acids is 2. The topological polar surface area (TPSA) is 73.9 Å². The molecule has 0 saturated carbocycles. The van der Waals surface area contributed by atoms with Gasteiger partial charge in [0.05, 0.1) is 14.2 Å². The molecule has 6 heteroatoms. The Kier molecular flexibility index (Phi) is 6.39. The van der Waals surface area contributed by atoms with Crippen molar-refractivity contribution in [3.05, 3.63) is 59.7 Å². The summed E-state index contributed by atoms with van der Waals surface area (Å²) in [5.74, 6) is -0.426. The van der Waals surface area contributed by atoms with Gasteiger partial charge in [-0.05, 0) is 24.6 Å². The third-order valence-electron chi connectivity index (χ3n) is 3.59. The number of hydrogen-bond donors (Lipinski definition) is 1. The number of hydrogen-bond acceptors (Lipinski definition) is 5. The lowest BCUT2D eigenvalue weighted by atomic mass is 10.1. The lowest BCUT2D eigenvalue weighted by Crippen LogP contribution is -2.35. The minimum absolute atomic E-state index is 0.148. The molecule has 0 spiro atoms. The van der Waals surface area contributed by atoms with Crippen molar-refractivity contribution in [1.29, 1.82) is 0 Å². The van der Waals surface area contributed by atoms with Gasteiger partial charge in [0.15, 0.2) is 6.10 Å². The molecule has 25 heavy (non-hydrogen) atoms. The van der Waals surface area contributed by atoms with Crippen LogP contribution in [-0.4, -0.2) is 32.2 Å². The van der Waals surface area contributed by atoms with Crippen LogP contribution in [0.5, 0.6) is 11.5 Å². The summed E-state index contributed by atoms with van der Waals surface area (Å²) in [4.78, 5) is 24.6. The third kappa shape index (κ3) is 4.73. The molecule has 0 heterocycles. The van der Waals surface area contributed by atoms with E-state index < -0.39 is 12.1 Å². The molecule has 0 aliphatic heterocycles. The van der Waals surface area contributed by atoms with Gasteiger partial charge < -0.3 is 19.5 Å². The first-order valence-corrected chi connectivity index (χ1v) is 7.80. The molecule has 0 fully saturated rings. The van der Waals surface area contributed by atoms with E-state index >= 15 is 0 Å². The molecule has 0 saturated heterocycles. The van der Waals surface area contributed by atoms with Crippen molar-refractivity contribution in [2.24, 2.45) is 0 Å². The van der Waals surface area contributed by atoms with Crippen LogP contribution in [-0.2, 0) is 16.1 Å². The van der Waals surface area contributed by atoms with Crippen LogP contribution >= 0.6 is 0 Å². The van der Waals surface area contributed by atoms with Crippen LogP contribution < -0.4 is 14.8 Å². The molecule has 0 aromatic heterocycles. The summed E-state index contributed by atoms with van der Waals surface area (Å²) in [6.45, 7) is 1.87. The molecule has 0 bridgehead atoms. The van der Waals surface area contributed by atoms with Crippen molar-refractivity contribution >= 4 is 11.9 Å². The van der Waals surface area contributed by atoms with Crippen LogP contribution in [0.15, 0.2) is 48.5 Å². The van der Waals surface area contributed by atoms with E-state index in [2.05, 4.69) is 5.32 Å². The van der Waals surface area contributed by atoms with Crippen molar-refractivity contribution in [2.45, 2.75) is 19.6 Å². The van der Waals surface area contributed by atoms with E-state index in [1.807, 2.05) is 30.3 Å². The maximum atomic E-state index is 12.4. The Labute approximate surface area is 146 Å². The van der Waals surface area contributed by atoms with Crippen LogP contribution in [0, 0.1) is 0 Å². The Morgan fingerprint density at radius 3 is 2.12 bits per heavy atom. The minimum Gasteiger partial charge on any atom is -0.496 e. The van der Waals surface area contributed by atoms with Crippen LogP contribution in [0.3, 0.4) is 0 Å². The molecule has 0 aliphatic rings. The smallest absolute Gasteiger partial charge is 0.346 e. The molecule has 2 rings (SSSR count). The van der Waals surface area contributed by atoms with Gasteiger partial charge in [0.1, 0.15) is 17.1 Å². The monoisotopic (exact) mass is 343 g/mol. The van der Waals surface area contributed by atoms with E-state index in [0.717, 1.165) is 5.56 Å². The fourth-order valence-corrected chi connectivity index (χ4v) is 2.25. The van der Waals surface area contributed by atoms with Crippen molar-refractivity contribution in [3.63, 3.8) is 0 Å². The number of methoxy groups -OCH3 is 2. The van der Waals surface area contributed by atoms with Gasteiger partial charge in [0.2, 0.25) is 0 Å². The molecule has 2 aromatic rings. The van der Waals surface area contributed by atoms with Gasteiger partial charge in [-0.1, -0.05) is 36.4 Å². The number of esters is 1. The number of ether oxygens (including phenoxy) is 3. The highest BCUT2D eigenvalue weighted by atomic mass is 16.6. The largest absolute Gasteiger partial charge is 0.496 e. The van der Waals surface area contributed by atoms with Crippen molar-refractivity contribution in [2.75, 3.05) is 14.2 Å². The van der Waals surface area contributed by atoms with Crippen LogP contribution in [0.4, 0.5) is 0 Å². The lowest BCUT2D eigenvalue weighted by molar-refractivity contribution is -0.129. The molecule has 1 N–H and O–H groups in total. The molecular weight excluding hydrogens is 322 g/mol. The van der Waals surface area contributed by atoms with Crippen molar-refractivity contribution in [3.8, 4) is 11.5 Å². The highest BCUT2D eigenvalue weighted by molar-refractivity contribution is 5.97. The molecule has 132 valence electrons. The van der Waals surface area contributed by atoms with Crippen molar-refractivity contribution < 1.29 is 23.8 Å².